The summed E-state index contributed by atoms with van der Waals surface area (Å²) < 4.78 is 52.3. The fourth-order valence-electron chi connectivity index (χ4n) is 3.48. The molecule has 3 heterocycles. The summed E-state index contributed by atoms with van der Waals surface area (Å²) in [5.74, 6) is 0.508. The van der Waals surface area contributed by atoms with Crippen LogP contribution in [0.15, 0.2) is 53.1 Å². The number of methoxy groups -OCH3 is 1. The van der Waals surface area contributed by atoms with E-state index < -0.39 is 24.2 Å². The highest BCUT2D eigenvalue weighted by Gasteiger charge is 2.47. The molecule has 1 aliphatic heterocycles. The molecule has 2 aromatic heterocycles. The topological polar surface area (TPSA) is 81.3 Å². The number of amides is 1. The molecule has 158 valence electrons. The van der Waals surface area contributed by atoms with Crippen molar-refractivity contribution in [1.29, 1.82) is 0 Å². The van der Waals surface area contributed by atoms with E-state index in [1.54, 1.807) is 36.4 Å². The number of hydrogen-bond acceptors (Lipinski definition) is 5. The zero-order valence-electron chi connectivity index (χ0n) is 15.9. The van der Waals surface area contributed by atoms with Gasteiger partial charge in [0, 0.05) is 24.6 Å². The second-order valence-corrected chi connectivity index (χ2v) is 6.86. The highest BCUT2D eigenvalue weighted by molar-refractivity contribution is 5.93. The third-order valence-corrected chi connectivity index (χ3v) is 4.94. The van der Waals surface area contributed by atoms with Gasteiger partial charge < -0.3 is 19.8 Å². The minimum atomic E-state index is -4.53. The number of ether oxygens (including phenoxy) is 1. The van der Waals surface area contributed by atoms with Gasteiger partial charge in [0.15, 0.2) is 11.7 Å². The molecular weight excluding hydrogens is 401 g/mol. The van der Waals surface area contributed by atoms with E-state index in [1.807, 2.05) is 0 Å². The summed E-state index contributed by atoms with van der Waals surface area (Å²) in [6, 6.07) is 9.11. The van der Waals surface area contributed by atoms with Gasteiger partial charge in [-0.05, 0) is 18.2 Å². The van der Waals surface area contributed by atoms with Gasteiger partial charge in [-0.25, -0.2) is 4.68 Å². The Bertz CT molecular complexity index is 1030. The number of carbonyl (C=O) groups excluding carboxylic acids is 1. The van der Waals surface area contributed by atoms with E-state index in [4.69, 9.17) is 9.15 Å². The standard InChI is InChI=1S/C20H19F3N4O3/c1-29-15-6-3-2-5-12(15)11-24-19(28)14-10-18-25-13(16-7-4-8-30-16)9-17(20(21,22)23)27(18)26-14/h2-8,10,13,17,25H,9,11H2,1H3,(H,24,28)/t13-,17-/m0/s1. The van der Waals surface area contributed by atoms with Gasteiger partial charge in [-0.15, -0.1) is 0 Å². The molecular formula is C20H19F3N4O3. The van der Waals surface area contributed by atoms with Crippen LogP contribution in [0.25, 0.3) is 0 Å². The summed E-state index contributed by atoms with van der Waals surface area (Å²) in [6.45, 7) is 0.149. The molecule has 7 nitrogen and oxygen atoms in total. The van der Waals surface area contributed by atoms with Crippen molar-refractivity contribution in [3.63, 3.8) is 0 Å². The number of para-hydroxylation sites is 1. The molecule has 4 rings (SSSR count). The lowest BCUT2D eigenvalue weighted by atomic mass is 10.0. The summed E-state index contributed by atoms with van der Waals surface area (Å²) in [4.78, 5) is 12.5. The predicted molar refractivity (Wildman–Crippen MR) is 101 cm³/mol. The Morgan fingerprint density at radius 2 is 2.13 bits per heavy atom. The summed E-state index contributed by atoms with van der Waals surface area (Å²) in [7, 11) is 1.52. The van der Waals surface area contributed by atoms with Crippen LogP contribution in [-0.4, -0.2) is 29.0 Å². The molecule has 0 unspecified atom stereocenters. The Labute approximate surface area is 169 Å². The first kappa shape index (κ1) is 19.9. The number of aromatic nitrogens is 2. The number of carbonyl (C=O) groups is 1. The van der Waals surface area contributed by atoms with Gasteiger partial charge in [0.2, 0.25) is 0 Å². The second kappa shape index (κ2) is 7.77. The number of benzene rings is 1. The Balaban J connectivity index is 1.56. The van der Waals surface area contributed by atoms with Crippen LogP contribution in [0.1, 0.15) is 40.3 Å². The van der Waals surface area contributed by atoms with Crippen LogP contribution in [0.4, 0.5) is 19.0 Å². The first-order valence-electron chi connectivity index (χ1n) is 9.23. The van der Waals surface area contributed by atoms with Crippen LogP contribution in [0.2, 0.25) is 0 Å². The molecule has 0 saturated carbocycles. The van der Waals surface area contributed by atoms with Crippen molar-refractivity contribution in [3.05, 3.63) is 65.7 Å². The maximum atomic E-state index is 13.7. The second-order valence-electron chi connectivity index (χ2n) is 6.86. The number of hydrogen-bond donors (Lipinski definition) is 2. The van der Waals surface area contributed by atoms with Gasteiger partial charge in [0.05, 0.1) is 19.4 Å². The molecule has 0 spiro atoms. The number of anilines is 1. The summed E-state index contributed by atoms with van der Waals surface area (Å²) in [5, 5.41) is 9.57. The molecule has 0 bridgehead atoms. The van der Waals surface area contributed by atoms with E-state index >= 15 is 0 Å². The summed E-state index contributed by atoms with van der Waals surface area (Å²) in [5.41, 5.74) is 0.628. The monoisotopic (exact) mass is 420 g/mol. The molecule has 0 aliphatic carbocycles. The van der Waals surface area contributed by atoms with Gasteiger partial charge in [-0.2, -0.15) is 18.3 Å². The molecule has 1 aromatic carbocycles. The van der Waals surface area contributed by atoms with Crippen LogP contribution < -0.4 is 15.4 Å². The molecule has 3 aromatic rings. The normalized spacial score (nSPS) is 18.4. The van der Waals surface area contributed by atoms with Crippen molar-refractivity contribution < 1.29 is 27.1 Å². The quantitative estimate of drug-likeness (QED) is 0.650. The third kappa shape index (κ3) is 3.85. The van der Waals surface area contributed by atoms with Gasteiger partial charge >= 0.3 is 6.18 Å². The molecule has 2 N–H and O–H groups in total. The number of rotatable bonds is 5. The first-order chi connectivity index (χ1) is 14.4. The largest absolute Gasteiger partial charge is 0.496 e. The number of nitrogens with zero attached hydrogens (tertiary/aromatic N) is 2. The Morgan fingerprint density at radius 1 is 1.33 bits per heavy atom. The molecule has 10 heteroatoms. The Morgan fingerprint density at radius 3 is 2.83 bits per heavy atom. The number of fused-ring (bicyclic) bond motifs is 1. The average molecular weight is 420 g/mol. The minimum absolute atomic E-state index is 0.104. The van der Waals surface area contributed by atoms with Crippen LogP contribution in [0.5, 0.6) is 5.75 Å². The van der Waals surface area contributed by atoms with E-state index in [-0.39, 0.29) is 24.5 Å². The van der Waals surface area contributed by atoms with Crippen molar-refractivity contribution in [2.24, 2.45) is 0 Å². The van der Waals surface area contributed by atoms with Crippen LogP contribution in [0.3, 0.4) is 0 Å². The van der Waals surface area contributed by atoms with E-state index in [9.17, 15) is 18.0 Å². The first-order valence-corrected chi connectivity index (χ1v) is 9.23. The lowest BCUT2D eigenvalue weighted by molar-refractivity contribution is -0.174. The van der Waals surface area contributed by atoms with Crippen molar-refractivity contribution in [1.82, 2.24) is 15.1 Å². The third-order valence-electron chi connectivity index (χ3n) is 4.94. The van der Waals surface area contributed by atoms with E-state index in [0.29, 0.717) is 11.5 Å². The number of halogens is 3. The lowest BCUT2D eigenvalue weighted by Gasteiger charge is -2.32. The number of furan rings is 1. The SMILES string of the molecule is COc1ccccc1CNC(=O)c1cc2n(n1)[C@H](C(F)(F)F)C[C@@H](c1ccco1)N2. The summed E-state index contributed by atoms with van der Waals surface area (Å²) >= 11 is 0. The maximum absolute atomic E-state index is 13.7. The van der Waals surface area contributed by atoms with Crippen molar-refractivity contribution >= 4 is 11.7 Å². The predicted octanol–water partition coefficient (Wildman–Crippen LogP) is 4.08. The highest BCUT2D eigenvalue weighted by atomic mass is 19.4. The van der Waals surface area contributed by atoms with Gasteiger partial charge in [0.25, 0.3) is 5.91 Å². The molecule has 1 aliphatic rings. The van der Waals surface area contributed by atoms with Crippen molar-refractivity contribution in [2.45, 2.75) is 31.2 Å². The highest BCUT2D eigenvalue weighted by Crippen LogP contribution is 2.43. The molecule has 1 amide bonds. The van der Waals surface area contributed by atoms with Crippen molar-refractivity contribution in [2.75, 3.05) is 12.4 Å². The minimum Gasteiger partial charge on any atom is -0.496 e. The maximum Gasteiger partial charge on any atom is 0.410 e. The molecule has 30 heavy (non-hydrogen) atoms. The van der Waals surface area contributed by atoms with Crippen LogP contribution in [0, 0.1) is 0 Å². The molecule has 0 radical (unpaired) electrons. The molecule has 0 fully saturated rings. The zero-order valence-corrected chi connectivity index (χ0v) is 15.9. The Kier molecular flexibility index (Phi) is 5.15. The Hall–Kier alpha value is -3.43. The van der Waals surface area contributed by atoms with E-state index in [2.05, 4.69) is 15.7 Å². The van der Waals surface area contributed by atoms with Crippen molar-refractivity contribution in [3.8, 4) is 5.75 Å². The average Bonchev–Trinajstić information content (AvgIpc) is 3.40. The van der Waals surface area contributed by atoms with Crippen LogP contribution in [-0.2, 0) is 6.54 Å². The van der Waals surface area contributed by atoms with E-state index in [1.165, 1.54) is 19.4 Å². The summed E-state index contributed by atoms with van der Waals surface area (Å²) in [6.07, 6.45) is -3.42. The molecule has 2 atom stereocenters. The molecule has 0 saturated heterocycles. The number of alkyl halides is 3. The van der Waals surface area contributed by atoms with Gasteiger partial charge in [-0.3, -0.25) is 4.79 Å². The fraction of sp³-hybridized carbons (Fsp3) is 0.300. The fourth-order valence-corrected chi connectivity index (χ4v) is 3.48. The number of nitrogens with one attached hydrogen (secondary N) is 2. The zero-order chi connectivity index (χ0) is 21.3. The smallest absolute Gasteiger partial charge is 0.410 e. The van der Waals surface area contributed by atoms with Crippen LogP contribution >= 0.6 is 0 Å². The van der Waals surface area contributed by atoms with Gasteiger partial charge in [0.1, 0.15) is 17.3 Å². The van der Waals surface area contributed by atoms with Gasteiger partial charge in [-0.1, -0.05) is 18.2 Å². The lowest BCUT2D eigenvalue weighted by Crippen LogP contribution is -2.35. The van der Waals surface area contributed by atoms with E-state index in [0.717, 1.165) is 10.2 Å².